The van der Waals surface area contributed by atoms with Crippen LogP contribution in [0.1, 0.15) is 31.2 Å². The molecule has 0 aliphatic carbocycles. The van der Waals surface area contributed by atoms with Crippen LogP contribution in [-0.4, -0.2) is 24.2 Å². The lowest BCUT2D eigenvalue weighted by Crippen LogP contribution is -2.03. The van der Waals surface area contributed by atoms with Crippen LogP contribution in [0.4, 0.5) is 0 Å². The molecular weight excluding hydrogens is 284 g/mol. The molecule has 0 unspecified atom stereocenters. The average Bonchev–Trinajstić information content (AvgIpc) is 2.49. The number of aromatic nitrogens is 2. The van der Waals surface area contributed by atoms with Crippen molar-refractivity contribution in [2.75, 3.05) is 14.2 Å². The number of methoxy groups -OCH3 is 2. The number of aromatic amines is 1. The molecule has 0 aliphatic rings. The van der Waals surface area contributed by atoms with Crippen molar-refractivity contribution >= 4 is 12.2 Å². The molecule has 0 radical (unpaired) electrons. The van der Waals surface area contributed by atoms with Crippen LogP contribution < -0.4 is 9.47 Å². The van der Waals surface area contributed by atoms with E-state index in [1.807, 2.05) is 25.1 Å². The van der Waals surface area contributed by atoms with Gasteiger partial charge in [0.15, 0.2) is 0 Å². The SMILES string of the molecule is COc1ccc(-c2[nH]c(C(C)C)nc(=S)c2C)c(OC)c1. The molecule has 0 fully saturated rings. The molecule has 1 N–H and O–H groups in total. The first kappa shape index (κ1) is 15.5. The molecule has 112 valence electrons. The van der Waals surface area contributed by atoms with Gasteiger partial charge < -0.3 is 14.5 Å². The number of nitrogens with zero attached hydrogens (tertiary/aromatic N) is 1. The number of ether oxygens (including phenoxy) is 2. The Balaban J connectivity index is 2.69. The average molecular weight is 304 g/mol. The lowest BCUT2D eigenvalue weighted by Gasteiger charge is -2.15. The van der Waals surface area contributed by atoms with E-state index in [2.05, 4.69) is 23.8 Å². The molecule has 2 aromatic rings. The number of benzene rings is 1. The summed E-state index contributed by atoms with van der Waals surface area (Å²) in [5.41, 5.74) is 2.84. The summed E-state index contributed by atoms with van der Waals surface area (Å²) in [7, 11) is 3.28. The van der Waals surface area contributed by atoms with E-state index in [-0.39, 0.29) is 5.92 Å². The molecule has 4 nitrogen and oxygen atoms in total. The lowest BCUT2D eigenvalue weighted by atomic mass is 10.1. The van der Waals surface area contributed by atoms with Crippen molar-refractivity contribution < 1.29 is 9.47 Å². The molecule has 0 bridgehead atoms. The third-order valence-corrected chi connectivity index (χ3v) is 3.79. The van der Waals surface area contributed by atoms with Gasteiger partial charge >= 0.3 is 0 Å². The lowest BCUT2D eigenvalue weighted by molar-refractivity contribution is 0.395. The van der Waals surface area contributed by atoms with Crippen LogP contribution in [0.2, 0.25) is 0 Å². The van der Waals surface area contributed by atoms with Gasteiger partial charge in [-0.05, 0) is 19.1 Å². The second kappa shape index (κ2) is 6.26. The second-order valence-electron chi connectivity index (χ2n) is 5.15. The van der Waals surface area contributed by atoms with Crippen molar-refractivity contribution in [3.63, 3.8) is 0 Å². The number of hydrogen-bond donors (Lipinski definition) is 1. The van der Waals surface area contributed by atoms with Crippen molar-refractivity contribution in [2.45, 2.75) is 26.7 Å². The molecule has 2 rings (SSSR count). The highest BCUT2D eigenvalue weighted by atomic mass is 32.1. The first-order valence-electron chi connectivity index (χ1n) is 6.81. The zero-order valence-electron chi connectivity index (χ0n) is 13.0. The summed E-state index contributed by atoms with van der Waals surface area (Å²) < 4.78 is 11.3. The van der Waals surface area contributed by atoms with Gasteiger partial charge in [0, 0.05) is 23.1 Å². The predicted octanol–water partition coefficient (Wildman–Crippen LogP) is 4.26. The fourth-order valence-corrected chi connectivity index (χ4v) is 2.30. The Morgan fingerprint density at radius 2 is 1.90 bits per heavy atom. The van der Waals surface area contributed by atoms with Gasteiger partial charge in [0.2, 0.25) is 0 Å². The van der Waals surface area contributed by atoms with Crippen molar-refractivity contribution in [3.05, 3.63) is 34.2 Å². The van der Waals surface area contributed by atoms with E-state index < -0.39 is 0 Å². The molecule has 21 heavy (non-hydrogen) atoms. The molecule has 0 spiro atoms. The van der Waals surface area contributed by atoms with E-state index in [0.29, 0.717) is 4.64 Å². The second-order valence-corrected chi connectivity index (χ2v) is 5.53. The summed E-state index contributed by atoms with van der Waals surface area (Å²) in [6, 6.07) is 5.74. The Morgan fingerprint density at radius 1 is 1.19 bits per heavy atom. The molecule has 0 aliphatic heterocycles. The summed E-state index contributed by atoms with van der Waals surface area (Å²) in [4.78, 5) is 7.82. The summed E-state index contributed by atoms with van der Waals surface area (Å²) in [6.45, 7) is 6.13. The van der Waals surface area contributed by atoms with Crippen LogP contribution in [0, 0.1) is 11.6 Å². The van der Waals surface area contributed by atoms with Gasteiger partial charge in [0.05, 0.1) is 19.9 Å². The van der Waals surface area contributed by atoms with Crippen molar-refractivity contribution in [3.8, 4) is 22.8 Å². The molecule has 0 saturated heterocycles. The topological polar surface area (TPSA) is 47.1 Å². The Bertz CT molecular complexity index is 708. The van der Waals surface area contributed by atoms with Crippen molar-refractivity contribution in [2.24, 2.45) is 0 Å². The Hall–Kier alpha value is -1.88. The fraction of sp³-hybridized carbons (Fsp3) is 0.375. The minimum absolute atomic E-state index is 0.273. The zero-order valence-corrected chi connectivity index (χ0v) is 13.8. The minimum atomic E-state index is 0.273. The minimum Gasteiger partial charge on any atom is -0.497 e. The smallest absolute Gasteiger partial charge is 0.133 e. The third-order valence-electron chi connectivity index (χ3n) is 3.40. The van der Waals surface area contributed by atoms with Gasteiger partial charge in [-0.15, -0.1) is 0 Å². The van der Waals surface area contributed by atoms with Crippen LogP contribution in [0.3, 0.4) is 0 Å². The molecule has 0 atom stereocenters. The van der Waals surface area contributed by atoms with E-state index in [9.17, 15) is 0 Å². The van der Waals surface area contributed by atoms with Crippen molar-refractivity contribution in [1.29, 1.82) is 0 Å². The highest BCUT2D eigenvalue weighted by Gasteiger charge is 2.14. The van der Waals surface area contributed by atoms with Crippen LogP contribution in [-0.2, 0) is 0 Å². The quantitative estimate of drug-likeness (QED) is 0.858. The number of H-pyrrole nitrogens is 1. The van der Waals surface area contributed by atoms with Crippen LogP contribution in [0.15, 0.2) is 18.2 Å². The molecule has 1 heterocycles. The van der Waals surface area contributed by atoms with Gasteiger partial charge in [-0.3, -0.25) is 0 Å². The summed E-state index contributed by atoms with van der Waals surface area (Å²) >= 11 is 5.38. The number of hydrogen-bond acceptors (Lipinski definition) is 4. The summed E-state index contributed by atoms with van der Waals surface area (Å²) in [6.07, 6.45) is 0. The molecule has 1 aromatic carbocycles. The van der Waals surface area contributed by atoms with Crippen molar-refractivity contribution in [1.82, 2.24) is 9.97 Å². The molecule has 5 heteroatoms. The number of rotatable bonds is 4. The monoisotopic (exact) mass is 304 g/mol. The van der Waals surface area contributed by atoms with E-state index in [1.54, 1.807) is 14.2 Å². The Morgan fingerprint density at radius 3 is 2.48 bits per heavy atom. The normalized spacial score (nSPS) is 10.8. The van der Waals surface area contributed by atoms with E-state index in [4.69, 9.17) is 21.7 Å². The first-order valence-corrected chi connectivity index (χ1v) is 7.22. The third kappa shape index (κ3) is 3.08. The highest BCUT2D eigenvalue weighted by molar-refractivity contribution is 7.71. The standard InChI is InChI=1S/C16H20N2O2S/c1-9(2)15-17-14(10(3)16(21)18-15)12-7-6-11(19-4)8-13(12)20-5/h6-9H,1-5H3,(H,17,18,21). The molecular formula is C16H20N2O2S. The van der Waals surface area contributed by atoms with E-state index in [1.165, 1.54) is 0 Å². The fourth-order valence-electron chi connectivity index (χ4n) is 2.10. The first-order chi connectivity index (χ1) is 9.97. The van der Waals surface area contributed by atoms with Crippen LogP contribution >= 0.6 is 12.2 Å². The summed E-state index contributed by atoms with van der Waals surface area (Å²) in [5, 5.41) is 0. The molecule has 1 aromatic heterocycles. The van der Waals surface area contributed by atoms with Crippen LogP contribution in [0.5, 0.6) is 11.5 Å². The number of nitrogens with one attached hydrogen (secondary N) is 1. The molecule has 0 saturated carbocycles. The summed E-state index contributed by atoms with van der Waals surface area (Å²) in [5.74, 6) is 2.64. The maximum Gasteiger partial charge on any atom is 0.133 e. The Kier molecular flexibility index (Phi) is 4.63. The maximum absolute atomic E-state index is 5.48. The highest BCUT2D eigenvalue weighted by Crippen LogP contribution is 2.34. The van der Waals surface area contributed by atoms with E-state index in [0.717, 1.165) is 34.1 Å². The van der Waals surface area contributed by atoms with Gasteiger partial charge in [0.1, 0.15) is 22.0 Å². The van der Waals surface area contributed by atoms with E-state index >= 15 is 0 Å². The van der Waals surface area contributed by atoms with Gasteiger partial charge in [0.25, 0.3) is 0 Å². The Labute approximate surface area is 130 Å². The van der Waals surface area contributed by atoms with Gasteiger partial charge in [-0.1, -0.05) is 26.1 Å². The van der Waals surface area contributed by atoms with Gasteiger partial charge in [-0.2, -0.15) is 0 Å². The largest absolute Gasteiger partial charge is 0.497 e. The van der Waals surface area contributed by atoms with Gasteiger partial charge in [-0.25, -0.2) is 4.98 Å². The van der Waals surface area contributed by atoms with Crippen LogP contribution in [0.25, 0.3) is 11.3 Å². The zero-order chi connectivity index (χ0) is 15.6. The molecule has 0 amide bonds. The predicted molar refractivity (Wildman–Crippen MR) is 86.8 cm³/mol. The maximum atomic E-state index is 5.48.